The van der Waals surface area contributed by atoms with Crippen LogP contribution in [0.2, 0.25) is 0 Å². The van der Waals surface area contributed by atoms with Crippen LogP contribution in [0.1, 0.15) is 96.8 Å². The average Bonchev–Trinajstić information content (AvgIpc) is 2.61. The van der Waals surface area contributed by atoms with Crippen LogP contribution in [0.5, 0.6) is 0 Å². The van der Waals surface area contributed by atoms with Crippen molar-refractivity contribution in [1.29, 1.82) is 0 Å². The van der Waals surface area contributed by atoms with Crippen molar-refractivity contribution < 1.29 is 19.3 Å². The molecular formula is C20H41FO3. The maximum absolute atomic E-state index is 13.5. The molecule has 0 heterocycles. The quantitative estimate of drug-likeness (QED) is 0.316. The summed E-state index contributed by atoms with van der Waals surface area (Å²) in [5.41, 5.74) is -1.99. The second kappa shape index (κ2) is 17.6. The highest BCUT2D eigenvalue weighted by Crippen LogP contribution is 2.13. The number of rotatable bonds is 19. The molecule has 0 saturated carbocycles. The molecule has 0 saturated heterocycles. The van der Waals surface area contributed by atoms with Crippen molar-refractivity contribution in [3.05, 3.63) is 0 Å². The average molecular weight is 349 g/mol. The summed E-state index contributed by atoms with van der Waals surface area (Å²) >= 11 is 0. The van der Waals surface area contributed by atoms with Gasteiger partial charge in [0.05, 0.1) is 19.8 Å². The third kappa shape index (κ3) is 15.3. The van der Waals surface area contributed by atoms with Gasteiger partial charge < -0.3 is 14.9 Å². The number of ether oxygens (including phenoxy) is 1. The summed E-state index contributed by atoms with van der Waals surface area (Å²) in [5, 5.41) is 17.6. The molecule has 0 aliphatic rings. The molecule has 0 radical (unpaired) electrons. The first-order valence-electron chi connectivity index (χ1n) is 10.2. The molecule has 0 aromatic heterocycles. The summed E-state index contributed by atoms with van der Waals surface area (Å²) in [6.07, 6.45) is 18.3. The molecule has 0 bridgehead atoms. The van der Waals surface area contributed by atoms with E-state index >= 15 is 0 Å². The number of aliphatic hydroxyl groups is 2. The Morgan fingerprint density at radius 2 is 1.04 bits per heavy atom. The smallest absolute Gasteiger partial charge is 0.179 e. The van der Waals surface area contributed by atoms with Crippen LogP contribution in [0.3, 0.4) is 0 Å². The van der Waals surface area contributed by atoms with Crippen molar-refractivity contribution >= 4 is 0 Å². The van der Waals surface area contributed by atoms with E-state index < -0.39 is 18.9 Å². The third-order valence-electron chi connectivity index (χ3n) is 4.57. The van der Waals surface area contributed by atoms with Gasteiger partial charge in [-0.3, -0.25) is 0 Å². The van der Waals surface area contributed by atoms with Crippen molar-refractivity contribution in [2.75, 3.05) is 26.4 Å². The number of halogens is 1. The molecule has 0 fully saturated rings. The highest BCUT2D eigenvalue weighted by atomic mass is 19.1. The first-order chi connectivity index (χ1) is 11.7. The van der Waals surface area contributed by atoms with E-state index in [1.165, 1.54) is 77.0 Å². The molecule has 0 unspecified atom stereocenters. The molecule has 0 rings (SSSR count). The minimum atomic E-state index is -1.99. The Morgan fingerprint density at radius 3 is 1.42 bits per heavy atom. The Balaban J connectivity index is 3.13. The van der Waals surface area contributed by atoms with Crippen LogP contribution in [0.4, 0.5) is 4.39 Å². The molecule has 3 nitrogen and oxygen atoms in total. The topological polar surface area (TPSA) is 49.7 Å². The lowest BCUT2D eigenvalue weighted by Gasteiger charge is -2.19. The van der Waals surface area contributed by atoms with Gasteiger partial charge in [0.2, 0.25) is 0 Å². The molecule has 0 aliphatic heterocycles. The molecule has 0 aliphatic carbocycles. The van der Waals surface area contributed by atoms with Crippen molar-refractivity contribution in [2.45, 2.75) is 102 Å². The molecule has 2 N–H and O–H groups in total. The van der Waals surface area contributed by atoms with Gasteiger partial charge in [0.1, 0.15) is 0 Å². The van der Waals surface area contributed by atoms with Crippen molar-refractivity contribution in [3.63, 3.8) is 0 Å². The van der Waals surface area contributed by atoms with E-state index in [1.54, 1.807) is 0 Å². The third-order valence-corrected chi connectivity index (χ3v) is 4.57. The zero-order valence-electron chi connectivity index (χ0n) is 15.9. The molecule has 24 heavy (non-hydrogen) atoms. The Kier molecular flexibility index (Phi) is 17.5. The van der Waals surface area contributed by atoms with E-state index in [1.807, 2.05) is 0 Å². The van der Waals surface area contributed by atoms with E-state index in [-0.39, 0.29) is 6.61 Å². The fraction of sp³-hybridized carbons (Fsp3) is 1.00. The largest absolute Gasteiger partial charge is 0.393 e. The number of aliphatic hydroxyl groups excluding tert-OH is 2. The lowest BCUT2D eigenvalue weighted by Crippen LogP contribution is -2.37. The van der Waals surface area contributed by atoms with E-state index in [9.17, 15) is 4.39 Å². The van der Waals surface area contributed by atoms with Gasteiger partial charge in [-0.1, -0.05) is 90.4 Å². The highest BCUT2D eigenvalue weighted by molar-refractivity contribution is 4.76. The van der Waals surface area contributed by atoms with Gasteiger partial charge in [-0.2, -0.15) is 0 Å². The van der Waals surface area contributed by atoms with Gasteiger partial charge in [0.25, 0.3) is 0 Å². The lowest BCUT2D eigenvalue weighted by atomic mass is 10.0. The zero-order valence-corrected chi connectivity index (χ0v) is 15.9. The Hall–Kier alpha value is -0.190. The van der Waals surface area contributed by atoms with Crippen LogP contribution in [-0.4, -0.2) is 42.3 Å². The Labute approximate surface area is 149 Å². The first kappa shape index (κ1) is 23.8. The fourth-order valence-electron chi connectivity index (χ4n) is 2.80. The predicted octanol–water partition coefficient (Wildman–Crippen LogP) is 5.18. The molecule has 0 aromatic rings. The highest BCUT2D eigenvalue weighted by Gasteiger charge is 2.28. The zero-order chi connectivity index (χ0) is 17.9. The van der Waals surface area contributed by atoms with Crippen LogP contribution in [0.15, 0.2) is 0 Å². The number of hydrogen-bond donors (Lipinski definition) is 2. The van der Waals surface area contributed by atoms with Crippen LogP contribution >= 0.6 is 0 Å². The normalized spacial score (nSPS) is 12.0. The van der Waals surface area contributed by atoms with Gasteiger partial charge in [-0.25, -0.2) is 4.39 Å². The van der Waals surface area contributed by atoms with Crippen LogP contribution in [0.25, 0.3) is 0 Å². The molecule has 0 atom stereocenters. The van der Waals surface area contributed by atoms with Gasteiger partial charge in [-0.05, 0) is 6.42 Å². The van der Waals surface area contributed by atoms with E-state index in [4.69, 9.17) is 14.9 Å². The summed E-state index contributed by atoms with van der Waals surface area (Å²) in [4.78, 5) is 0. The van der Waals surface area contributed by atoms with Crippen molar-refractivity contribution in [2.24, 2.45) is 0 Å². The number of hydrogen-bond acceptors (Lipinski definition) is 3. The van der Waals surface area contributed by atoms with Gasteiger partial charge in [0, 0.05) is 6.61 Å². The summed E-state index contributed by atoms with van der Waals surface area (Å²) < 4.78 is 18.7. The fourth-order valence-corrected chi connectivity index (χ4v) is 2.80. The first-order valence-corrected chi connectivity index (χ1v) is 10.2. The Bertz CT molecular complexity index is 245. The standard InChI is InChI=1S/C20H41FO3/c1-2-3-4-5-6-7-8-9-10-11-12-13-14-15-16-24-19-20(21,17-22)18-23/h22-23H,2-19H2,1H3. The van der Waals surface area contributed by atoms with Crippen molar-refractivity contribution in [3.8, 4) is 0 Å². The lowest BCUT2D eigenvalue weighted by molar-refractivity contribution is -0.0513. The van der Waals surface area contributed by atoms with E-state index in [0.29, 0.717) is 6.61 Å². The van der Waals surface area contributed by atoms with Gasteiger partial charge >= 0.3 is 0 Å². The molecular weight excluding hydrogens is 307 g/mol. The number of unbranched alkanes of at least 4 members (excludes halogenated alkanes) is 13. The molecule has 146 valence electrons. The van der Waals surface area contributed by atoms with Gasteiger partial charge in [0.15, 0.2) is 5.67 Å². The minimum Gasteiger partial charge on any atom is -0.393 e. The van der Waals surface area contributed by atoms with Crippen LogP contribution in [0, 0.1) is 0 Å². The maximum Gasteiger partial charge on any atom is 0.179 e. The summed E-state index contributed by atoms with van der Waals surface area (Å²) in [7, 11) is 0. The van der Waals surface area contributed by atoms with E-state index in [2.05, 4.69) is 6.92 Å². The van der Waals surface area contributed by atoms with Crippen LogP contribution < -0.4 is 0 Å². The summed E-state index contributed by atoms with van der Waals surface area (Å²) in [6.45, 7) is 1.16. The second-order valence-electron chi connectivity index (χ2n) is 7.12. The minimum absolute atomic E-state index is 0.224. The monoisotopic (exact) mass is 348 g/mol. The summed E-state index contributed by atoms with van der Waals surface area (Å²) in [6, 6.07) is 0. The molecule has 0 aromatic carbocycles. The molecule has 0 spiro atoms. The SMILES string of the molecule is CCCCCCCCCCCCCCCCOCC(F)(CO)CO. The van der Waals surface area contributed by atoms with Crippen LogP contribution in [-0.2, 0) is 4.74 Å². The summed E-state index contributed by atoms with van der Waals surface area (Å²) in [5.74, 6) is 0. The van der Waals surface area contributed by atoms with Gasteiger partial charge in [-0.15, -0.1) is 0 Å². The Morgan fingerprint density at radius 1 is 0.667 bits per heavy atom. The van der Waals surface area contributed by atoms with Crippen molar-refractivity contribution in [1.82, 2.24) is 0 Å². The van der Waals surface area contributed by atoms with E-state index in [0.717, 1.165) is 12.8 Å². The molecule has 0 amide bonds. The molecule has 4 heteroatoms. The maximum atomic E-state index is 13.5. The number of alkyl halides is 1. The predicted molar refractivity (Wildman–Crippen MR) is 99.1 cm³/mol. The second-order valence-corrected chi connectivity index (χ2v) is 7.12.